The first-order valence-corrected chi connectivity index (χ1v) is 3.90. The first kappa shape index (κ1) is 13.2. The third-order valence-electron chi connectivity index (χ3n) is 1.38. The van der Waals surface area contributed by atoms with E-state index in [2.05, 4.69) is 5.32 Å². The Kier molecular flexibility index (Phi) is 6.28. The number of benzene rings is 1. The van der Waals surface area contributed by atoms with Crippen molar-refractivity contribution in [3.8, 4) is 0 Å². The van der Waals surface area contributed by atoms with Gasteiger partial charge in [0.1, 0.15) is 0 Å². The minimum absolute atomic E-state index is 0. The van der Waals surface area contributed by atoms with E-state index in [1.165, 1.54) is 6.92 Å². The Labute approximate surface area is 105 Å². The van der Waals surface area contributed by atoms with E-state index in [0.717, 1.165) is 6.08 Å². The Morgan fingerprint density at radius 3 is 2.43 bits per heavy atom. The van der Waals surface area contributed by atoms with Crippen LogP contribution in [0.5, 0.6) is 0 Å². The number of nitrogens with one attached hydrogen (secondary N) is 1. The van der Waals surface area contributed by atoms with E-state index < -0.39 is 5.88 Å². The van der Waals surface area contributed by atoms with Gasteiger partial charge in [-0.05, 0) is 31.0 Å². The molecule has 0 saturated heterocycles. The molecule has 14 heavy (non-hydrogen) atoms. The van der Waals surface area contributed by atoms with E-state index in [0.29, 0.717) is 5.69 Å². The van der Waals surface area contributed by atoms with Gasteiger partial charge in [-0.2, -0.15) is 0 Å². The monoisotopic (exact) mass is 199 g/mol. The zero-order chi connectivity index (χ0) is 9.68. The quantitative estimate of drug-likeness (QED) is 0.344. The number of carbonyl (C=O) groups is 1. The predicted molar refractivity (Wildman–Crippen MR) is 48.8 cm³/mol. The number of allylic oxidation sites excluding steroid dienone is 1. The topological polar surface area (TPSA) is 52.2 Å². The summed E-state index contributed by atoms with van der Waals surface area (Å²) in [6, 6.07) is 8.98. The van der Waals surface area contributed by atoms with Crippen LogP contribution in [0, 0.1) is 0 Å². The summed E-state index contributed by atoms with van der Waals surface area (Å²) in [7, 11) is 0. The van der Waals surface area contributed by atoms with Gasteiger partial charge < -0.3 is 10.4 Å². The van der Waals surface area contributed by atoms with Crippen LogP contribution in [0.25, 0.3) is 0 Å². The van der Waals surface area contributed by atoms with Gasteiger partial charge in [0.2, 0.25) is 0 Å². The zero-order valence-electron chi connectivity index (χ0n) is 8.28. The number of ketones is 1. The van der Waals surface area contributed by atoms with Crippen molar-refractivity contribution < 1.29 is 39.5 Å². The molecule has 0 heterocycles. The molecule has 0 radical (unpaired) electrons. The molecule has 0 aliphatic heterocycles. The molecule has 1 N–H and O–H groups in total. The second kappa shape index (κ2) is 6.65. The van der Waals surface area contributed by atoms with Crippen molar-refractivity contribution in [2.24, 2.45) is 0 Å². The summed E-state index contributed by atoms with van der Waals surface area (Å²) < 4.78 is 0. The standard InChI is InChI=1S/C10H11NO2.Na/c1-8(12)7-10(13)11-9-5-3-2-4-6-9;/h2-7,11,13H,1H3;/q;+1/p-1/b10-7-;. The first-order valence-electron chi connectivity index (χ1n) is 3.90. The van der Waals surface area contributed by atoms with Gasteiger partial charge in [0.05, 0.1) is 0 Å². The Morgan fingerprint density at radius 2 is 1.93 bits per heavy atom. The number of rotatable bonds is 3. The minimum atomic E-state index is -0.390. The van der Waals surface area contributed by atoms with E-state index in [1.807, 2.05) is 18.2 Å². The average molecular weight is 199 g/mol. The maximum atomic E-state index is 11.0. The summed E-state index contributed by atoms with van der Waals surface area (Å²) in [5, 5.41) is 13.6. The van der Waals surface area contributed by atoms with Gasteiger partial charge in [-0.25, -0.2) is 0 Å². The molecule has 0 bridgehead atoms. The van der Waals surface area contributed by atoms with Crippen molar-refractivity contribution in [2.75, 3.05) is 5.32 Å². The van der Waals surface area contributed by atoms with Crippen LogP contribution in [0.15, 0.2) is 42.3 Å². The second-order valence-electron chi connectivity index (χ2n) is 2.61. The predicted octanol–water partition coefficient (Wildman–Crippen LogP) is -2.11. The third kappa shape index (κ3) is 5.07. The smallest absolute Gasteiger partial charge is 0.860 e. The fourth-order valence-electron chi connectivity index (χ4n) is 0.884. The van der Waals surface area contributed by atoms with Crippen LogP contribution in [0.3, 0.4) is 0 Å². The maximum Gasteiger partial charge on any atom is 1.00 e. The second-order valence-corrected chi connectivity index (χ2v) is 2.61. The summed E-state index contributed by atoms with van der Waals surface area (Å²) in [6.45, 7) is 1.34. The average Bonchev–Trinajstić information content (AvgIpc) is 2.04. The van der Waals surface area contributed by atoms with Gasteiger partial charge in [0, 0.05) is 5.69 Å². The molecule has 0 aliphatic carbocycles. The Hall–Kier alpha value is -0.770. The molecule has 0 fully saturated rings. The van der Waals surface area contributed by atoms with Crippen molar-refractivity contribution in [3.05, 3.63) is 42.3 Å². The molecular weight excluding hydrogens is 189 g/mol. The molecule has 0 aromatic heterocycles. The van der Waals surface area contributed by atoms with Crippen LogP contribution in [-0.2, 0) is 4.79 Å². The summed E-state index contributed by atoms with van der Waals surface area (Å²) >= 11 is 0. The van der Waals surface area contributed by atoms with E-state index in [9.17, 15) is 9.90 Å². The molecular formula is C10H10NNaO2. The van der Waals surface area contributed by atoms with Crippen LogP contribution >= 0.6 is 0 Å². The number of anilines is 1. The van der Waals surface area contributed by atoms with Crippen LogP contribution < -0.4 is 40.0 Å². The van der Waals surface area contributed by atoms with E-state index in [1.54, 1.807) is 12.1 Å². The Balaban J connectivity index is 0.00000169. The molecule has 0 spiro atoms. The molecule has 1 rings (SSSR count). The molecule has 68 valence electrons. The summed E-state index contributed by atoms with van der Waals surface area (Å²) in [5.74, 6) is -0.646. The van der Waals surface area contributed by atoms with Crippen molar-refractivity contribution in [2.45, 2.75) is 6.92 Å². The van der Waals surface area contributed by atoms with Crippen LogP contribution in [0.2, 0.25) is 0 Å². The van der Waals surface area contributed by atoms with Gasteiger partial charge in [-0.3, -0.25) is 4.79 Å². The molecule has 0 amide bonds. The summed E-state index contributed by atoms with van der Waals surface area (Å²) in [6.07, 6.45) is 1.02. The zero-order valence-corrected chi connectivity index (χ0v) is 10.3. The minimum Gasteiger partial charge on any atom is -0.860 e. The Bertz CT molecular complexity index is 322. The van der Waals surface area contributed by atoms with Gasteiger partial charge in [-0.15, -0.1) is 0 Å². The van der Waals surface area contributed by atoms with Crippen LogP contribution in [0.1, 0.15) is 6.92 Å². The van der Waals surface area contributed by atoms with Crippen molar-refractivity contribution >= 4 is 11.5 Å². The SMILES string of the molecule is CC(=O)/C=C(\[O-])Nc1ccccc1.[Na+]. The van der Waals surface area contributed by atoms with E-state index >= 15 is 0 Å². The number of para-hydroxylation sites is 1. The fourth-order valence-corrected chi connectivity index (χ4v) is 0.884. The largest absolute Gasteiger partial charge is 1.00 e. The fraction of sp³-hybridized carbons (Fsp3) is 0.100. The molecule has 3 nitrogen and oxygen atoms in total. The maximum absolute atomic E-state index is 11.0. The molecule has 0 aliphatic rings. The molecule has 0 saturated carbocycles. The van der Waals surface area contributed by atoms with Crippen molar-refractivity contribution in [1.29, 1.82) is 0 Å². The number of carbonyl (C=O) groups excluding carboxylic acids is 1. The van der Waals surface area contributed by atoms with Crippen LogP contribution in [-0.4, -0.2) is 5.78 Å². The van der Waals surface area contributed by atoms with Gasteiger partial charge in [0.15, 0.2) is 5.78 Å². The van der Waals surface area contributed by atoms with Gasteiger partial charge >= 0.3 is 29.6 Å². The van der Waals surface area contributed by atoms with Crippen molar-refractivity contribution in [1.82, 2.24) is 0 Å². The molecule has 1 aromatic carbocycles. The third-order valence-corrected chi connectivity index (χ3v) is 1.38. The summed E-state index contributed by atoms with van der Waals surface area (Å²) in [4.78, 5) is 10.5. The summed E-state index contributed by atoms with van der Waals surface area (Å²) in [5.41, 5.74) is 0.685. The van der Waals surface area contributed by atoms with Gasteiger partial charge in [-0.1, -0.05) is 18.2 Å². The van der Waals surface area contributed by atoms with Gasteiger partial charge in [0.25, 0.3) is 0 Å². The normalized spacial score (nSPS) is 10.2. The van der Waals surface area contributed by atoms with E-state index in [-0.39, 0.29) is 35.3 Å². The Morgan fingerprint density at radius 1 is 1.36 bits per heavy atom. The first-order chi connectivity index (χ1) is 6.18. The molecule has 1 aromatic rings. The number of hydrogen-bond donors (Lipinski definition) is 1. The number of hydrogen-bond acceptors (Lipinski definition) is 3. The van der Waals surface area contributed by atoms with E-state index in [4.69, 9.17) is 0 Å². The molecule has 0 unspecified atom stereocenters. The van der Waals surface area contributed by atoms with Crippen LogP contribution in [0.4, 0.5) is 5.69 Å². The molecule has 4 heteroatoms. The molecule has 0 atom stereocenters. The van der Waals surface area contributed by atoms with Crippen molar-refractivity contribution in [3.63, 3.8) is 0 Å².